The van der Waals surface area contributed by atoms with E-state index in [9.17, 15) is 4.79 Å². The molecule has 0 aliphatic carbocycles. The SMILES string of the molecule is N#CCc1cncc(C(=O)O)c1. The van der Waals surface area contributed by atoms with Gasteiger partial charge >= 0.3 is 5.97 Å². The van der Waals surface area contributed by atoms with E-state index in [0.29, 0.717) is 5.56 Å². The summed E-state index contributed by atoms with van der Waals surface area (Å²) in [5.41, 5.74) is 0.736. The standard InChI is InChI=1S/C8H6N2O2/c9-2-1-6-3-7(8(11)12)5-10-4-6/h3-5H,1H2,(H,11,12). The number of carbonyl (C=O) groups is 1. The second-order valence-corrected chi connectivity index (χ2v) is 2.22. The van der Waals surface area contributed by atoms with Crippen LogP contribution in [-0.4, -0.2) is 16.1 Å². The van der Waals surface area contributed by atoms with Crippen molar-refractivity contribution in [1.82, 2.24) is 4.98 Å². The Labute approximate surface area is 69.1 Å². The first-order valence-corrected chi connectivity index (χ1v) is 3.28. The molecule has 1 aromatic rings. The first-order valence-electron chi connectivity index (χ1n) is 3.28. The molecule has 0 bridgehead atoms. The van der Waals surface area contributed by atoms with E-state index in [0.717, 1.165) is 0 Å². The maximum atomic E-state index is 10.4. The summed E-state index contributed by atoms with van der Waals surface area (Å²) in [4.78, 5) is 14.1. The van der Waals surface area contributed by atoms with Gasteiger partial charge in [-0.05, 0) is 11.6 Å². The van der Waals surface area contributed by atoms with Gasteiger partial charge in [-0.15, -0.1) is 0 Å². The summed E-state index contributed by atoms with van der Waals surface area (Å²) in [5, 5.41) is 16.9. The molecule has 1 aromatic heterocycles. The summed E-state index contributed by atoms with van der Waals surface area (Å²) in [6.07, 6.45) is 2.92. The van der Waals surface area contributed by atoms with Crippen LogP contribution in [0.3, 0.4) is 0 Å². The zero-order chi connectivity index (χ0) is 8.97. The molecular weight excluding hydrogens is 156 g/mol. The maximum absolute atomic E-state index is 10.4. The molecule has 1 rings (SSSR count). The van der Waals surface area contributed by atoms with Crippen molar-refractivity contribution in [2.45, 2.75) is 6.42 Å². The van der Waals surface area contributed by atoms with Gasteiger partial charge in [-0.3, -0.25) is 4.98 Å². The summed E-state index contributed by atoms with van der Waals surface area (Å²) < 4.78 is 0. The fraction of sp³-hybridized carbons (Fsp3) is 0.125. The monoisotopic (exact) mass is 162 g/mol. The highest BCUT2D eigenvalue weighted by molar-refractivity contribution is 5.87. The molecule has 1 N–H and O–H groups in total. The zero-order valence-electron chi connectivity index (χ0n) is 6.19. The summed E-state index contributed by atoms with van der Waals surface area (Å²) in [6.45, 7) is 0. The average Bonchev–Trinajstić information content (AvgIpc) is 2.05. The van der Waals surface area contributed by atoms with Crippen LogP contribution in [0.1, 0.15) is 15.9 Å². The lowest BCUT2D eigenvalue weighted by molar-refractivity contribution is 0.0696. The van der Waals surface area contributed by atoms with E-state index in [1.54, 1.807) is 0 Å². The van der Waals surface area contributed by atoms with Gasteiger partial charge in [-0.1, -0.05) is 0 Å². The van der Waals surface area contributed by atoms with Gasteiger partial charge in [0.05, 0.1) is 18.1 Å². The molecule has 0 aromatic carbocycles. The molecule has 0 fully saturated rings. The van der Waals surface area contributed by atoms with Gasteiger partial charge < -0.3 is 5.11 Å². The molecule has 0 unspecified atom stereocenters. The number of aromatic nitrogens is 1. The fourth-order valence-electron chi connectivity index (χ4n) is 0.792. The van der Waals surface area contributed by atoms with E-state index in [2.05, 4.69) is 4.98 Å². The van der Waals surface area contributed by atoms with Crippen LogP contribution in [0, 0.1) is 11.3 Å². The van der Waals surface area contributed by atoms with Gasteiger partial charge in [0.2, 0.25) is 0 Å². The van der Waals surface area contributed by atoms with Gasteiger partial charge in [-0.25, -0.2) is 4.79 Å². The molecule has 0 amide bonds. The normalized spacial score (nSPS) is 8.92. The third-order valence-corrected chi connectivity index (χ3v) is 1.33. The van der Waals surface area contributed by atoms with Crippen molar-refractivity contribution >= 4 is 5.97 Å². The molecule has 0 radical (unpaired) electrons. The molecule has 0 aliphatic rings. The third kappa shape index (κ3) is 1.80. The lowest BCUT2D eigenvalue weighted by Gasteiger charge is -1.95. The van der Waals surface area contributed by atoms with E-state index in [1.165, 1.54) is 18.5 Å². The summed E-state index contributed by atoms with van der Waals surface area (Å²) in [6, 6.07) is 3.36. The number of carboxylic acids is 1. The minimum absolute atomic E-state index is 0.114. The van der Waals surface area contributed by atoms with E-state index in [1.807, 2.05) is 6.07 Å². The Balaban J connectivity index is 2.97. The number of rotatable bonds is 2. The van der Waals surface area contributed by atoms with Gasteiger partial charge in [0.15, 0.2) is 0 Å². The van der Waals surface area contributed by atoms with Crippen molar-refractivity contribution in [2.24, 2.45) is 0 Å². The van der Waals surface area contributed by atoms with Gasteiger partial charge in [0.25, 0.3) is 0 Å². The fourth-order valence-corrected chi connectivity index (χ4v) is 0.792. The number of nitrogens with zero attached hydrogens (tertiary/aromatic N) is 2. The minimum Gasteiger partial charge on any atom is -0.478 e. The molecule has 0 aliphatic heterocycles. The van der Waals surface area contributed by atoms with E-state index < -0.39 is 5.97 Å². The highest BCUT2D eigenvalue weighted by Crippen LogP contribution is 2.02. The summed E-state index contributed by atoms with van der Waals surface area (Å²) >= 11 is 0. The molecule has 12 heavy (non-hydrogen) atoms. The smallest absolute Gasteiger partial charge is 0.337 e. The summed E-state index contributed by atoms with van der Waals surface area (Å²) in [7, 11) is 0. The van der Waals surface area contributed by atoms with Crippen LogP contribution in [-0.2, 0) is 6.42 Å². The van der Waals surface area contributed by atoms with Crippen LogP contribution >= 0.6 is 0 Å². The lowest BCUT2D eigenvalue weighted by Crippen LogP contribution is -1.98. The summed E-state index contributed by atoms with van der Waals surface area (Å²) in [5.74, 6) is -1.03. The Morgan fingerprint density at radius 3 is 3.00 bits per heavy atom. The van der Waals surface area contributed by atoms with E-state index in [-0.39, 0.29) is 12.0 Å². The van der Waals surface area contributed by atoms with Crippen molar-refractivity contribution in [3.8, 4) is 6.07 Å². The number of nitriles is 1. The van der Waals surface area contributed by atoms with Crippen LogP contribution in [0.25, 0.3) is 0 Å². The van der Waals surface area contributed by atoms with Gasteiger partial charge in [0, 0.05) is 12.4 Å². The molecule has 0 saturated heterocycles. The van der Waals surface area contributed by atoms with Crippen LogP contribution in [0.4, 0.5) is 0 Å². The van der Waals surface area contributed by atoms with Crippen LogP contribution in [0.2, 0.25) is 0 Å². The number of hydrogen-bond donors (Lipinski definition) is 1. The van der Waals surface area contributed by atoms with Crippen LogP contribution in [0.5, 0.6) is 0 Å². The first-order chi connectivity index (χ1) is 5.74. The van der Waals surface area contributed by atoms with Gasteiger partial charge in [-0.2, -0.15) is 5.26 Å². The second kappa shape index (κ2) is 3.49. The Hall–Kier alpha value is -1.89. The molecule has 0 atom stereocenters. The van der Waals surface area contributed by atoms with Crippen molar-refractivity contribution < 1.29 is 9.90 Å². The third-order valence-electron chi connectivity index (χ3n) is 1.33. The average molecular weight is 162 g/mol. The predicted molar refractivity (Wildman–Crippen MR) is 40.5 cm³/mol. The van der Waals surface area contributed by atoms with Crippen LogP contribution < -0.4 is 0 Å². The number of carboxylic acid groups (broad SMARTS) is 1. The maximum Gasteiger partial charge on any atom is 0.337 e. The van der Waals surface area contributed by atoms with Gasteiger partial charge in [0.1, 0.15) is 0 Å². The Bertz CT molecular complexity index is 341. The van der Waals surface area contributed by atoms with Crippen molar-refractivity contribution in [1.29, 1.82) is 5.26 Å². The molecular formula is C8H6N2O2. The molecule has 4 heteroatoms. The Morgan fingerprint density at radius 1 is 1.67 bits per heavy atom. The molecule has 4 nitrogen and oxygen atoms in total. The largest absolute Gasteiger partial charge is 0.478 e. The van der Waals surface area contributed by atoms with Crippen molar-refractivity contribution in [2.75, 3.05) is 0 Å². The highest BCUT2D eigenvalue weighted by atomic mass is 16.4. The second-order valence-electron chi connectivity index (χ2n) is 2.22. The van der Waals surface area contributed by atoms with E-state index >= 15 is 0 Å². The molecule has 0 saturated carbocycles. The molecule has 0 spiro atoms. The predicted octanol–water partition coefficient (Wildman–Crippen LogP) is 0.846. The minimum atomic E-state index is -1.03. The number of aromatic carboxylic acids is 1. The topological polar surface area (TPSA) is 74.0 Å². The number of hydrogen-bond acceptors (Lipinski definition) is 3. The van der Waals surface area contributed by atoms with E-state index in [4.69, 9.17) is 10.4 Å². The Kier molecular flexibility index (Phi) is 2.38. The molecule has 1 heterocycles. The van der Waals surface area contributed by atoms with Crippen molar-refractivity contribution in [3.63, 3.8) is 0 Å². The highest BCUT2D eigenvalue weighted by Gasteiger charge is 2.02. The first kappa shape index (κ1) is 8.21. The lowest BCUT2D eigenvalue weighted by atomic mass is 10.2. The number of pyridine rings is 1. The van der Waals surface area contributed by atoms with Crippen molar-refractivity contribution in [3.05, 3.63) is 29.6 Å². The Morgan fingerprint density at radius 2 is 2.42 bits per heavy atom. The van der Waals surface area contributed by atoms with Crippen LogP contribution in [0.15, 0.2) is 18.5 Å². The zero-order valence-corrected chi connectivity index (χ0v) is 6.19. The quantitative estimate of drug-likeness (QED) is 0.699. The molecule has 60 valence electrons.